The minimum Gasteiger partial charge on any atom is -0.291 e. The quantitative estimate of drug-likeness (QED) is 0.171. The lowest BCUT2D eigenvalue weighted by molar-refractivity contribution is 1.07. The third kappa shape index (κ3) is 5.96. The summed E-state index contributed by atoms with van der Waals surface area (Å²) in [6.45, 7) is 0. The van der Waals surface area contributed by atoms with Crippen molar-refractivity contribution < 1.29 is 0 Å². The second-order valence-electron chi connectivity index (χ2n) is 12.2. The number of aromatic nitrogens is 6. The van der Waals surface area contributed by atoms with Crippen LogP contribution in [0.15, 0.2) is 182 Å². The maximum Gasteiger partial charge on any atom is 0.164 e. The van der Waals surface area contributed by atoms with E-state index in [1.807, 2.05) is 103 Å². The monoisotopic (exact) mass is 654 g/mol. The molecule has 0 saturated carbocycles. The van der Waals surface area contributed by atoms with E-state index in [2.05, 4.69) is 83.4 Å². The van der Waals surface area contributed by atoms with E-state index < -0.39 is 0 Å². The predicted molar refractivity (Wildman–Crippen MR) is 205 cm³/mol. The van der Waals surface area contributed by atoms with E-state index in [0.29, 0.717) is 17.5 Å². The summed E-state index contributed by atoms with van der Waals surface area (Å²) in [6.07, 6.45) is 1.93. The van der Waals surface area contributed by atoms with Gasteiger partial charge in [-0.2, -0.15) is 0 Å². The predicted octanol–water partition coefficient (Wildman–Crippen LogP) is 10.6. The van der Waals surface area contributed by atoms with Gasteiger partial charge in [0.25, 0.3) is 0 Å². The average molecular weight is 655 g/mol. The molecule has 0 atom stereocenters. The van der Waals surface area contributed by atoms with E-state index >= 15 is 0 Å². The van der Waals surface area contributed by atoms with Crippen LogP contribution in [0.2, 0.25) is 0 Å². The van der Waals surface area contributed by atoms with Crippen molar-refractivity contribution in [2.75, 3.05) is 0 Å². The fourth-order valence-corrected chi connectivity index (χ4v) is 6.36. The number of pyridine rings is 1. The molecular weight excluding hydrogens is 625 g/mol. The van der Waals surface area contributed by atoms with Gasteiger partial charge in [-0.25, -0.2) is 19.9 Å². The van der Waals surface area contributed by atoms with Gasteiger partial charge in [0, 0.05) is 34.1 Å². The summed E-state index contributed by atoms with van der Waals surface area (Å²) in [7, 11) is 0. The number of hydrogen-bond acceptors (Lipinski definition) is 5. The number of fused-ring (bicyclic) bond motifs is 1. The van der Waals surface area contributed by atoms with E-state index in [9.17, 15) is 0 Å². The molecule has 0 saturated heterocycles. The Morgan fingerprint density at radius 3 is 1.49 bits per heavy atom. The van der Waals surface area contributed by atoms with Crippen LogP contribution in [-0.2, 0) is 0 Å². The van der Waals surface area contributed by atoms with E-state index in [1.165, 1.54) is 0 Å². The molecule has 0 aliphatic rings. The van der Waals surface area contributed by atoms with Crippen molar-refractivity contribution in [1.82, 2.24) is 29.5 Å². The first-order valence-electron chi connectivity index (χ1n) is 16.8. The van der Waals surface area contributed by atoms with Gasteiger partial charge in [-0.15, -0.1) is 0 Å². The van der Waals surface area contributed by atoms with Crippen molar-refractivity contribution in [3.8, 4) is 73.6 Å². The molecule has 0 aliphatic heterocycles. The Bertz CT molecular complexity index is 2540. The zero-order chi connectivity index (χ0) is 34.0. The van der Waals surface area contributed by atoms with Gasteiger partial charge < -0.3 is 0 Å². The molecule has 6 nitrogen and oxygen atoms in total. The Morgan fingerprint density at radius 2 is 0.863 bits per heavy atom. The lowest BCUT2D eigenvalue weighted by Gasteiger charge is -2.10. The van der Waals surface area contributed by atoms with Crippen molar-refractivity contribution in [1.29, 1.82) is 0 Å². The highest BCUT2D eigenvalue weighted by Gasteiger charge is 2.16. The van der Waals surface area contributed by atoms with Crippen LogP contribution in [0, 0.1) is 0 Å². The van der Waals surface area contributed by atoms with E-state index in [4.69, 9.17) is 24.9 Å². The van der Waals surface area contributed by atoms with Crippen molar-refractivity contribution in [2.24, 2.45) is 0 Å². The van der Waals surface area contributed by atoms with Crippen LogP contribution >= 0.6 is 0 Å². The first kappa shape index (κ1) is 30.0. The topological polar surface area (TPSA) is 69.4 Å². The van der Waals surface area contributed by atoms with Gasteiger partial charge in [-0.1, -0.05) is 140 Å². The molecule has 9 aromatic rings. The molecule has 0 N–H and O–H groups in total. The Morgan fingerprint density at radius 1 is 0.353 bits per heavy atom. The molecule has 0 unspecified atom stereocenters. The summed E-state index contributed by atoms with van der Waals surface area (Å²) >= 11 is 0. The van der Waals surface area contributed by atoms with Gasteiger partial charge in [-0.05, 0) is 53.1 Å². The summed E-state index contributed by atoms with van der Waals surface area (Å²) in [5.74, 6) is 2.74. The summed E-state index contributed by atoms with van der Waals surface area (Å²) in [5, 5.41) is 0. The minimum atomic E-state index is 0.633. The van der Waals surface area contributed by atoms with Gasteiger partial charge in [0.15, 0.2) is 23.3 Å². The zero-order valence-electron chi connectivity index (χ0n) is 27.5. The van der Waals surface area contributed by atoms with Crippen molar-refractivity contribution in [3.63, 3.8) is 0 Å². The van der Waals surface area contributed by atoms with Crippen molar-refractivity contribution >= 4 is 11.0 Å². The van der Waals surface area contributed by atoms with E-state index in [-0.39, 0.29) is 0 Å². The Labute approximate surface area is 295 Å². The Hall–Kier alpha value is -7.05. The molecule has 9 rings (SSSR count). The molecular formula is C45H30N6. The molecule has 0 amide bonds. The van der Waals surface area contributed by atoms with Crippen LogP contribution < -0.4 is 0 Å². The van der Waals surface area contributed by atoms with Crippen LogP contribution in [0.5, 0.6) is 0 Å². The maximum absolute atomic E-state index is 4.96. The maximum atomic E-state index is 4.96. The van der Waals surface area contributed by atoms with Crippen LogP contribution in [0.25, 0.3) is 84.7 Å². The summed E-state index contributed by atoms with van der Waals surface area (Å²) in [5.41, 5.74) is 11.0. The molecule has 240 valence electrons. The largest absolute Gasteiger partial charge is 0.291 e. The number of imidazole rings is 1. The number of rotatable bonds is 7. The van der Waals surface area contributed by atoms with Crippen molar-refractivity contribution in [2.45, 2.75) is 0 Å². The third-order valence-electron chi connectivity index (χ3n) is 8.94. The van der Waals surface area contributed by atoms with Crippen LogP contribution in [0.1, 0.15) is 0 Å². The fraction of sp³-hybridized carbons (Fsp3) is 0. The highest BCUT2D eigenvalue weighted by molar-refractivity contribution is 5.83. The van der Waals surface area contributed by atoms with E-state index in [1.54, 1.807) is 0 Å². The van der Waals surface area contributed by atoms with Gasteiger partial charge in [0.2, 0.25) is 0 Å². The lowest BCUT2D eigenvalue weighted by Crippen LogP contribution is -2.00. The molecule has 0 fully saturated rings. The molecule has 3 aromatic heterocycles. The standard InChI is InChI=1S/C45H30N6/c1-4-13-33(14-5-1)42-48-43(34-15-6-2-7-16-34)50-44(49-42)36-18-12-17-35(29-36)31-23-25-32(26-24-31)37-27-28-40(46-30-37)45-47-39-21-10-11-22-41(39)51(45)38-19-8-3-9-20-38/h1-30H. The summed E-state index contributed by atoms with van der Waals surface area (Å²) < 4.78 is 2.17. The summed E-state index contributed by atoms with van der Waals surface area (Å²) in [4.78, 5) is 24.5. The smallest absolute Gasteiger partial charge is 0.164 e. The zero-order valence-corrected chi connectivity index (χ0v) is 27.5. The molecule has 3 heterocycles. The summed E-state index contributed by atoms with van der Waals surface area (Å²) in [6, 6.07) is 59.7. The van der Waals surface area contributed by atoms with Crippen LogP contribution in [0.4, 0.5) is 0 Å². The second-order valence-corrected chi connectivity index (χ2v) is 12.2. The van der Waals surface area contributed by atoms with Gasteiger partial charge in [0.1, 0.15) is 5.69 Å². The molecule has 0 aliphatic carbocycles. The lowest BCUT2D eigenvalue weighted by atomic mass is 9.99. The SMILES string of the molecule is c1ccc(-c2nc(-c3ccccc3)nc(-c3cccc(-c4ccc(-c5ccc(-c6nc7ccccc7n6-c6ccccc6)nc5)cc4)c3)n2)cc1. The molecule has 51 heavy (non-hydrogen) atoms. The second kappa shape index (κ2) is 13.1. The average Bonchev–Trinajstić information content (AvgIpc) is 3.62. The molecule has 6 aromatic carbocycles. The number of benzene rings is 6. The Balaban J connectivity index is 1.02. The minimum absolute atomic E-state index is 0.633. The highest BCUT2D eigenvalue weighted by atomic mass is 15.1. The van der Waals surface area contributed by atoms with Crippen molar-refractivity contribution in [3.05, 3.63) is 182 Å². The molecule has 6 heteroatoms. The number of para-hydroxylation sites is 3. The van der Waals surface area contributed by atoms with E-state index in [0.717, 1.165) is 67.2 Å². The van der Waals surface area contributed by atoms with Gasteiger partial charge in [-0.3, -0.25) is 9.55 Å². The Kier molecular flexibility index (Phi) is 7.72. The molecule has 0 radical (unpaired) electrons. The number of hydrogen-bond donors (Lipinski definition) is 0. The van der Waals surface area contributed by atoms with Gasteiger partial charge >= 0.3 is 0 Å². The fourth-order valence-electron chi connectivity index (χ4n) is 6.36. The molecule has 0 spiro atoms. The first-order chi connectivity index (χ1) is 25.3. The van der Waals surface area contributed by atoms with Gasteiger partial charge in [0.05, 0.1) is 11.0 Å². The molecule has 0 bridgehead atoms. The number of nitrogens with zero attached hydrogens (tertiary/aromatic N) is 6. The van der Waals surface area contributed by atoms with Crippen LogP contribution in [0.3, 0.4) is 0 Å². The normalized spacial score (nSPS) is 11.1. The third-order valence-corrected chi connectivity index (χ3v) is 8.94. The highest BCUT2D eigenvalue weighted by Crippen LogP contribution is 2.32. The first-order valence-corrected chi connectivity index (χ1v) is 16.8. The van der Waals surface area contributed by atoms with Crippen LogP contribution in [-0.4, -0.2) is 29.5 Å².